The molecule has 1 aromatic heterocycles. The van der Waals surface area contributed by atoms with E-state index in [-0.39, 0.29) is 16.4 Å². The molecule has 5 rings (SSSR count). The SMILES string of the molecule is COc1ccc(-c2sc3cc(OC)ccc3c2C(=O)c2ccc(OS(=O)(=O)c3ccccc3C)cc2)cc1. The van der Waals surface area contributed by atoms with Crippen LogP contribution >= 0.6 is 11.3 Å². The maximum atomic E-state index is 13.8. The summed E-state index contributed by atoms with van der Waals surface area (Å²) < 4.78 is 42.5. The van der Waals surface area contributed by atoms with E-state index in [4.69, 9.17) is 13.7 Å². The fraction of sp³-hybridized carbons (Fsp3) is 0.100. The van der Waals surface area contributed by atoms with Crippen molar-refractivity contribution in [1.29, 1.82) is 0 Å². The molecule has 192 valence electrons. The van der Waals surface area contributed by atoms with Crippen molar-refractivity contribution in [3.63, 3.8) is 0 Å². The minimum Gasteiger partial charge on any atom is -0.497 e. The normalized spacial score (nSPS) is 11.3. The Bertz CT molecular complexity index is 1730. The second kappa shape index (κ2) is 10.3. The molecular weight excluding hydrogens is 520 g/mol. The quantitative estimate of drug-likeness (QED) is 0.156. The molecule has 6 nitrogen and oxygen atoms in total. The highest BCUT2D eigenvalue weighted by atomic mass is 32.2. The van der Waals surface area contributed by atoms with Crippen LogP contribution in [0.1, 0.15) is 21.5 Å². The number of ketones is 1. The first-order valence-corrected chi connectivity index (χ1v) is 13.9. The first kappa shape index (κ1) is 25.5. The Morgan fingerprint density at radius 1 is 0.763 bits per heavy atom. The maximum Gasteiger partial charge on any atom is 0.339 e. The van der Waals surface area contributed by atoms with Gasteiger partial charge in [0.15, 0.2) is 5.78 Å². The Morgan fingerprint density at radius 2 is 1.39 bits per heavy atom. The number of rotatable bonds is 8. The molecule has 0 amide bonds. The van der Waals surface area contributed by atoms with E-state index in [1.165, 1.54) is 29.5 Å². The van der Waals surface area contributed by atoms with Crippen molar-refractivity contribution in [3.8, 4) is 27.7 Å². The first-order valence-electron chi connectivity index (χ1n) is 11.7. The summed E-state index contributed by atoms with van der Waals surface area (Å²) in [6.07, 6.45) is 0. The Labute approximate surface area is 225 Å². The molecule has 4 aromatic carbocycles. The summed E-state index contributed by atoms with van der Waals surface area (Å²) in [4.78, 5) is 14.8. The van der Waals surface area contributed by atoms with Gasteiger partial charge in [-0.3, -0.25) is 4.79 Å². The van der Waals surface area contributed by atoms with Crippen molar-refractivity contribution in [3.05, 3.63) is 108 Å². The Morgan fingerprint density at radius 3 is 2.05 bits per heavy atom. The molecule has 0 saturated heterocycles. The number of carbonyl (C=O) groups excluding carboxylic acids is 1. The molecule has 0 radical (unpaired) electrons. The smallest absolute Gasteiger partial charge is 0.339 e. The first-order chi connectivity index (χ1) is 18.3. The van der Waals surface area contributed by atoms with Crippen LogP contribution < -0.4 is 13.7 Å². The summed E-state index contributed by atoms with van der Waals surface area (Å²) in [6.45, 7) is 1.71. The zero-order chi connectivity index (χ0) is 26.9. The predicted octanol–water partition coefficient (Wildman–Crippen LogP) is 6.89. The van der Waals surface area contributed by atoms with E-state index in [1.54, 1.807) is 51.5 Å². The number of carbonyl (C=O) groups is 1. The van der Waals surface area contributed by atoms with Gasteiger partial charge in [0.2, 0.25) is 0 Å². The van der Waals surface area contributed by atoms with Gasteiger partial charge in [-0.05, 0) is 90.8 Å². The second-order valence-corrected chi connectivity index (χ2v) is 11.1. The fourth-order valence-electron chi connectivity index (χ4n) is 4.19. The molecule has 0 aliphatic rings. The molecule has 8 heteroatoms. The molecule has 0 spiro atoms. The van der Waals surface area contributed by atoms with Gasteiger partial charge in [-0.25, -0.2) is 0 Å². The number of hydrogen-bond acceptors (Lipinski definition) is 7. The molecule has 0 saturated carbocycles. The van der Waals surface area contributed by atoms with Crippen LogP contribution in [0.25, 0.3) is 20.5 Å². The van der Waals surface area contributed by atoms with E-state index in [1.807, 2.05) is 42.5 Å². The molecule has 0 bridgehead atoms. The van der Waals surface area contributed by atoms with E-state index in [0.29, 0.717) is 22.4 Å². The molecule has 0 unspecified atom stereocenters. The maximum absolute atomic E-state index is 13.8. The van der Waals surface area contributed by atoms with Gasteiger partial charge >= 0.3 is 10.1 Å². The topological polar surface area (TPSA) is 78.9 Å². The highest BCUT2D eigenvalue weighted by Crippen LogP contribution is 2.41. The van der Waals surface area contributed by atoms with E-state index < -0.39 is 10.1 Å². The van der Waals surface area contributed by atoms with Crippen LogP contribution in [0, 0.1) is 6.92 Å². The van der Waals surface area contributed by atoms with Gasteiger partial charge < -0.3 is 13.7 Å². The average molecular weight is 545 g/mol. The number of hydrogen-bond donors (Lipinski definition) is 0. The van der Waals surface area contributed by atoms with E-state index in [0.717, 1.165) is 26.3 Å². The van der Waals surface area contributed by atoms with Crippen LogP contribution in [0.3, 0.4) is 0 Å². The van der Waals surface area contributed by atoms with Gasteiger partial charge in [0.05, 0.1) is 14.2 Å². The lowest BCUT2D eigenvalue weighted by Crippen LogP contribution is -2.11. The van der Waals surface area contributed by atoms with E-state index >= 15 is 0 Å². The van der Waals surface area contributed by atoms with Gasteiger partial charge in [-0.2, -0.15) is 8.42 Å². The van der Waals surface area contributed by atoms with E-state index in [2.05, 4.69) is 0 Å². The Hall–Kier alpha value is -4.14. The lowest BCUT2D eigenvalue weighted by atomic mass is 9.97. The summed E-state index contributed by atoms with van der Waals surface area (Å²) in [6, 6.07) is 25.9. The molecule has 38 heavy (non-hydrogen) atoms. The van der Waals surface area contributed by atoms with Crippen LogP contribution in [0.4, 0.5) is 0 Å². The molecule has 5 aromatic rings. The minimum absolute atomic E-state index is 0.101. The summed E-state index contributed by atoms with van der Waals surface area (Å²) in [5.74, 6) is 1.37. The monoisotopic (exact) mass is 544 g/mol. The van der Waals surface area contributed by atoms with Crippen molar-refractivity contribution >= 4 is 37.3 Å². The minimum atomic E-state index is -4.01. The summed E-state index contributed by atoms with van der Waals surface area (Å²) >= 11 is 1.51. The molecule has 0 aliphatic carbocycles. The number of benzene rings is 4. The fourth-order valence-corrected chi connectivity index (χ4v) is 6.59. The summed E-state index contributed by atoms with van der Waals surface area (Å²) in [5.41, 5.74) is 2.46. The van der Waals surface area contributed by atoms with E-state index in [9.17, 15) is 13.2 Å². The van der Waals surface area contributed by atoms with Gasteiger partial charge in [0.25, 0.3) is 0 Å². The van der Waals surface area contributed by atoms with Crippen LogP contribution in [0.5, 0.6) is 17.2 Å². The lowest BCUT2D eigenvalue weighted by Gasteiger charge is -2.10. The van der Waals surface area contributed by atoms with Crippen molar-refractivity contribution in [2.45, 2.75) is 11.8 Å². The van der Waals surface area contributed by atoms with Crippen molar-refractivity contribution in [2.75, 3.05) is 14.2 Å². The summed E-state index contributed by atoms with van der Waals surface area (Å²) in [7, 11) is -0.798. The molecule has 1 heterocycles. The number of fused-ring (bicyclic) bond motifs is 1. The average Bonchev–Trinajstić information content (AvgIpc) is 3.31. The highest BCUT2D eigenvalue weighted by Gasteiger charge is 2.23. The summed E-state index contributed by atoms with van der Waals surface area (Å²) in [5, 5.41) is 0.814. The molecule has 0 atom stereocenters. The van der Waals surface area contributed by atoms with Gasteiger partial charge in [0, 0.05) is 26.1 Å². The molecule has 0 aliphatic heterocycles. The van der Waals surface area contributed by atoms with Crippen LogP contribution in [0.15, 0.2) is 95.9 Å². The number of ether oxygens (including phenoxy) is 2. The third kappa shape index (κ3) is 4.88. The molecule has 0 fully saturated rings. The van der Waals surface area contributed by atoms with Gasteiger partial charge in [0.1, 0.15) is 22.1 Å². The van der Waals surface area contributed by atoms with Crippen molar-refractivity contribution in [2.24, 2.45) is 0 Å². The van der Waals surface area contributed by atoms with Crippen LogP contribution in [-0.4, -0.2) is 28.4 Å². The van der Waals surface area contributed by atoms with Crippen LogP contribution in [0.2, 0.25) is 0 Å². The zero-order valence-electron chi connectivity index (χ0n) is 20.9. The Balaban J connectivity index is 1.52. The number of methoxy groups -OCH3 is 2. The van der Waals surface area contributed by atoms with Crippen molar-refractivity contribution < 1.29 is 26.9 Å². The van der Waals surface area contributed by atoms with Gasteiger partial charge in [-0.15, -0.1) is 11.3 Å². The standard InChI is InChI=1S/C30H24O6S2/c1-19-6-4-5-7-27(19)38(32,33)36-23-14-8-20(9-15-23)29(31)28-25-17-16-24(35-3)18-26(25)37-30(28)21-10-12-22(34-2)13-11-21/h4-18H,1-3H3. The largest absolute Gasteiger partial charge is 0.497 e. The lowest BCUT2D eigenvalue weighted by molar-refractivity contribution is 0.104. The number of thiophene rings is 1. The third-order valence-corrected chi connectivity index (χ3v) is 8.77. The molecule has 0 N–H and O–H groups in total. The Kier molecular flexibility index (Phi) is 6.93. The third-order valence-electron chi connectivity index (χ3n) is 6.16. The second-order valence-electron chi connectivity index (χ2n) is 8.55. The van der Waals surface area contributed by atoms with Crippen molar-refractivity contribution in [1.82, 2.24) is 0 Å². The predicted molar refractivity (Wildman–Crippen MR) is 149 cm³/mol. The van der Waals surface area contributed by atoms with Crippen LogP contribution in [-0.2, 0) is 10.1 Å². The molecular formula is C30H24O6S2. The van der Waals surface area contributed by atoms with Gasteiger partial charge in [-0.1, -0.05) is 18.2 Å². The number of aryl methyl sites for hydroxylation is 1. The highest BCUT2D eigenvalue weighted by molar-refractivity contribution is 7.87. The zero-order valence-corrected chi connectivity index (χ0v) is 22.6.